The minimum absolute atomic E-state index is 0.00391. The molecule has 23 heavy (non-hydrogen) atoms. The molecule has 1 N–H and O–H groups in total. The number of fused-ring (bicyclic) bond motifs is 1. The van der Waals surface area contributed by atoms with Gasteiger partial charge < -0.3 is 5.32 Å². The first-order chi connectivity index (χ1) is 10.8. The number of carbonyl (C=O) groups excluding carboxylic acids is 1. The monoisotopic (exact) mass is 338 g/mol. The summed E-state index contributed by atoms with van der Waals surface area (Å²) < 4.78 is 23.7. The average Bonchev–Trinajstić information content (AvgIpc) is 2.44. The molecule has 1 aromatic rings. The van der Waals surface area contributed by atoms with Gasteiger partial charge in [0.05, 0.1) is 17.5 Å². The fraction of sp³-hybridized carbons (Fsp3) is 0.588. The van der Waals surface area contributed by atoms with Crippen molar-refractivity contribution in [3.63, 3.8) is 0 Å². The van der Waals surface area contributed by atoms with Gasteiger partial charge >= 0.3 is 0 Å². The van der Waals surface area contributed by atoms with E-state index in [1.807, 2.05) is 37.9 Å². The molecule has 1 heterocycles. The lowest BCUT2D eigenvalue weighted by Gasteiger charge is -2.33. The number of nitrogens with zero attached hydrogens (tertiary/aromatic N) is 1. The Bertz CT molecular complexity index is 656. The van der Waals surface area contributed by atoms with Crippen molar-refractivity contribution in [2.24, 2.45) is 5.92 Å². The summed E-state index contributed by atoms with van der Waals surface area (Å²) in [7, 11) is -1.17. The molecule has 1 aromatic carbocycles. The first kappa shape index (κ1) is 17.9. The highest BCUT2D eigenvalue weighted by atomic mass is 32.2. The molecule has 6 heteroatoms. The van der Waals surface area contributed by atoms with E-state index in [1.165, 1.54) is 11.1 Å². The summed E-state index contributed by atoms with van der Waals surface area (Å²) in [4.78, 5) is 14.4. The Balaban J connectivity index is 1.89. The summed E-state index contributed by atoms with van der Waals surface area (Å²) in [6.45, 7) is 4.68. The third-order valence-corrected chi connectivity index (χ3v) is 6.09. The van der Waals surface area contributed by atoms with E-state index < -0.39 is 9.84 Å². The maximum Gasteiger partial charge on any atom is 0.237 e. The second-order valence-electron chi connectivity index (χ2n) is 6.70. The van der Waals surface area contributed by atoms with Crippen molar-refractivity contribution in [2.45, 2.75) is 32.9 Å². The Kier molecular flexibility index (Phi) is 5.81. The standard InChI is InChI=1S/C17H26N2O3S/c1-13(2)12-23(21,22)9-8-18-17(20)16-10-14-6-4-5-7-15(14)11-19(16)3/h4-7,13,16H,8-12H2,1-3H3,(H,18,20)/t16-/m0/s1. The van der Waals surface area contributed by atoms with Crippen LogP contribution >= 0.6 is 0 Å². The first-order valence-corrected chi connectivity index (χ1v) is 9.86. The Morgan fingerprint density at radius 2 is 1.96 bits per heavy atom. The van der Waals surface area contributed by atoms with Crippen LogP contribution in [0.5, 0.6) is 0 Å². The third kappa shape index (κ3) is 5.04. The molecule has 0 radical (unpaired) electrons. The number of rotatable bonds is 6. The molecule has 0 aromatic heterocycles. The number of likely N-dealkylation sites (N-methyl/N-ethyl adjacent to an activating group) is 1. The molecule has 0 saturated carbocycles. The largest absolute Gasteiger partial charge is 0.354 e. The lowest BCUT2D eigenvalue weighted by molar-refractivity contribution is -0.126. The maximum absolute atomic E-state index is 12.4. The molecule has 2 rings (SSSR count). The van der Waals surface area contributed by atoms with Crippen LogP contribution in [0.15, 0.2) is 24.3 Å². The van der Waals surface area contributed by atoms with E-state index in [4.69, 9.17) is 0 Å². The molecule has 0 fully saturated rings. The van der Waals surface area contributed by atoms with Crippen LogP contribution in [0.25, 0.3) is 0 Å². The van der Waals surface area contributed by atoms with Gasteiger partial charge in [-0.3, -0.25) is 9.69 Å². The predicted molar refractivity (Wildman–Crippen MR) is 91.9 cm³/mol. The fourth-order valence-corrected chi connectivity index (χ4v) is 4.58. The van der Waals surface area contributed by atoms with Gasteiger partial charge in [0.25, 0.3) is 0 Å². The number of benzene rings is 1. The molecular formula is C17H26N2O3S. The average molecular weight is 338 g/mol. The zero-order chi connectivity index (χ0) is 17.0. The summed E-state index contributed by atoms with van der Waals surface area (Å²) in [5.74, 6) is 0.183. The summed E-state index contributed by atoms with van der Waals surface area (Å²) in [5.41, 5.74) is 2.44. The quantitative estimate of drug-likeness (QED) is 0.847. The number of hydrogen-bond acceptors (Lipinski definition) is 4. The number of sulfone groups is 1. The molecular weight excluding hydrogens is 312 g/mol. The van der Waals surface area contributed by atoms with Crippen LogP contribution in [0, 0.1) is 5.92 Å². The zero-order valence-corrected chi connectivity index (χ0v) is 14.9. The minimum atomic E-state index is -3.10. The van der Waals surface area contributed by atoms with E-state index in [0.717, 1.165) is 6.54 Å². The second-order valence-corrected chi connectivity index (χ2v) is 8.93. The summed E-state index contributed by atoms with van der Waals surface area (Å²) in [6.07, 6.45) is 0.664. The highest BCUT2D eigenvalue weighted by Crippen LogP contribution is 2.21. The van der Waals surface area contributed by atoms with E-state index in [2.05, 4.69) is 17.4 Å². The van der Waals surface area contributed by atoms with Crippen LogP contribution in [0.4, 0.5) is 0 Å². The van der Waals surface area contributed by atoms with Gasteiger partial charge in [0.15, 0.2) is 9.84 Å². The van der Waals surface area contributed by atoms with E-state index in [0.29, 0.717) is 6.42 Å². The summed E-state index contributed by atoms with van der Waals surface area (Å²) in [5, 5.41) is 2.78. The van der Waals surface area contributed by atoms with Gasteiger partial charge in [-0.05, 0) is 30.5 Å². The number of hydrogen-bond donors (Lipinski definition) is 1. The van der Waals surface area contributed by atoms with Gasteiger partial charge in [-0.1, -0.05) is 38.1 Å². The normalized spacial score (nSPS) is 18.7. The molecule has 1 aliphatic heterocycles. The number of nitrogens with one attached hydrogen (secondary N) is 1. The van der Waals surface area contributed by atoms with E-state index in [9.17, 15) is 13.2 Å². The molecule has 0 bridgehead atoms. The molecule has 1 aliphatic rings. The van der Waals surface area contributed by atoms with Gasteiger partial charge in [0.2, 0.25) is 5.91 Å². The van der Waals surface area contributed by atoms with Crippen LogP contribution in [-0.4, -0.2) is 50.4 Å². The molecule has 0 spiro atoms. The van der Waals surface area contributed by atoms with Crippen molar-refractivity contribution in [2.75, 3.05) is 25.1 Å². The van der Waals surface area contributed by atoms with Crippen LogP contribution in [-0.2, 0) is 27.6 Å². The van der Waals surface area contributed by atoms with Gasteiger partial charge in [0, 0.05) is 13.1 Å². The smallest absolute Gasteiger partial charge is 0.237 e. The highest BCUT2D eigenvalue weighted by Gasteiger charge is 2.28. The van der Waals surface area contributed by atoms with Gasteiger partial charge in [-0.25, -0.2) is 8.42 Å². The molecule has 0 aliphatic carbocycles. The Morgan fingerprint density at radius 3 is 2.61 bits per heavy atom. The topological polar surface area (TPSA) is 66.5 Å². The van der Waals surface area contributed by atoms with Crippen molar-refractivity contribution in [3.8, 4) is 0 Å². The summed E-state index contributed by atoms with van der Waals surface area (Å²) >= 11 is 0. The number of carbonyl (C=O) groups is 1. The van der Waals surface area contributed by atoms with Crippen molar-refractivity contribution in [1.82, 2.24) is 10.2 Å². The van der Waals surface area contributed by atoms with Crippen LogP contribution in [0.1, 0.15) is 25.0 Å². The Labute approximate surface area is 139 Å². The lowest BCUT2D eigenvalue weighted by Crippen LogP contribution is -2.49. The van der Waals surface area contributed by atoms with Gasteiger partial charge in [-0.15, -0.1) is 0 Å². The van der Waals surface area contributed by atoms with Crippen molar-refractivity contribution in [3.05, 3.63) is 35.4 Å². The lowest BCUT2D eigenvalue weighted by atomic mass is 9.94. The van der Waals surface area contributed by atoms with Crippen LogP contribution in [0.3, 0.4) is 0 Å². The highest BCUT2D eigenvalue weighted by molar-refractivity contribution is 7.91. The van der Waals surface area contributed by atoms with Crippen molar-refractivity contribution < 1.29 is 13.2 Å². The van der Waals surface area contributed by atoms with Gasteiger partial charge in [0.1, 0.15) is 0 Å². The second kappa shape index (κ2) is 7.45. The molecule has 0 unspecified atom stereocenters. The molecule has 1 atom stereocenters. The molecule has 0 saturated heterocycles. The molecule has 128 valence electrons. The minimum Gasteiger partial charge on any atom is -0.354 e. The SMILES string of the molecule is CC(C)CS(=O)(=O)CCNC(=O)[C@@H]1Cc2ccccc2CN1C. The molecule has 5 nitrogen and oxygen atoms in total. The van der Waals surface area contributed by atoms with Gasteiger partial charge in [-0.2, -0.15) is 0 Å². The van der Waals surface area contributed by atoms with Crippen LogP contribution in [0.2, 0.25) is 0 Å². The zero-order valence-electron chi connectivity index (χ0n) is 14.1. The Hall–Kier alpha value is -1.40. The van der Waals surface area contributed by atoms with E-state index in [1.54, 1.807) is 0 Å². The van der Waals surface area contributed by atoms with E-state index in [-0.39, 0.29) is 35.9 Å². The van der Waals surface area contributed by atoms with Crippen molar-refractivity contribution in [1.29, 1.82) is 0 Å². The fourth-order valence-electron chi connectivity index (χ4n) is 2.99. The summed E-state index contributed by atoms with van der Waals surface area (Å²) in [6, 6.07) is 7.89. The predicted octanol–water partition coefficient (Wildman–Crippen LogP) is 1.23. The maximum atomic E-state index is 12.4. The van der Waals surface area contributed by atoms with Crippen LogP contribution < -0.4 is 5.32 Å². The number of amides is 1. The first-order valence-electron chi connectivity index (χ1n) is 8.03. The molecule has 1 amide bonds. The van der Waals surface area contributed by atoms with E-state index >= 15 is 0 Å². The third-order valence-electron chi connectivity index (χ3n) is 4.09. The van der Waals surface area contributed by atoms with Crippen molar-refractivity contribution >= 4 is 15.7 Å². The Morgan fingerprint density at radius 1 is 1.30 bits per heavy atom.